The molecular formula is C12H20O3. The van der Waals surface area contributed by atoms with Gasteiger partial charge in [0.2, 0.25) is 0 Å². The van der Waals surface area contributed by atoms with Crippen molar-refractivity contribution in [1.82, 2.24) is 0 Å². The summed E-state index contributed by atoms with van der Waals surface area (Å²) >= 11 is 0. The lowest BCUT2D eigenvalue weighted by Gasteiger charge is -2.12. The van der Waals surface area contributed by atoms with Gasteiger partial charge in [0.25, 0.3) is 0 Å². The van der Waals surface area contributed by atoms with Gasteiger partial charge in [-0.25, -0.2) is 0 Å². The summed E-state index contributed by atoms with van der Waals surface area (Å²) in [6, 6.07) is 0. The van der Waals surface area contributed by atoms with Crippen molar-refractivity contribution >= 4 is 0 Å². The zero-order chi connectivity index (χ0) is 11.7. The van der Waals surface area contributed by atoms with Gasteiger partial charge in [-0.15, -0.1) is 0 Å². The van der Waals surface area contributed by atoms with Gasteiger partial charge in [0.15, 0.2) is 6.29 Å². The van der Waals surface area contributed by atoms with Gasteiger partial charge in [0.1, 0.15) is 0 Å². The molecule has 0 aliphatic carbocycles. The summed E-state index contributed by atoms with van der Waals surface area (Å²) in [4.78, 5) is 0. The van der Waals surface area contributed by atoms with Gasteiger partial charge >= 0.3 is 0 Å². The summed E-state index contributed by atoms with van der Waals surface area (Å²) in [7, 11) is 3.21. The smallest absolute Gasteiger partial charge is 0.179 e. The monoisotopic (exact) mass is 212 g/mol. The molecule has 0 saturated carbocycles. The molecule has 3 heteroatoms. The van der Waals surface area contributed by atoms with Crippen LogP contribution in [0.15, 0.2) is 35.5 Å². The molecule has 0 aliphatic heterocycles. The molecule has 0 atom stereocenters. The van der Waals surface area contributed by atoms with Crippen molar-refractivity contribution in [2.45, 2.75) is 20.1 Å². The molecule has 0 heterocycles. The summed E-state index contributed by atoms with van der Waals surface area (Å²) < 4.78 is 10.2. The van der Waals surface area contributed by atoms with E-state index in [2.05, 4.69) is 0 Å². The fourth-order valence-corrected chi connectivity index (χ4v) is 1.11. The van der Waals surface area contributed by atoms with Gasteiger partial charge in [-0.2, -0.15) is 0 Å². The average molecular weight is 212 g/mol. The van der Waals surface area contributed by atoms with E-state index < -0.39 is 0 Å². The van der Waals surface area contributed by atoms with Crippen molar-refractivity contribution in [3.05, 3.63) is 35.5 Å². The quantitative estimate of drug-likeness (QED) is 0.541. The van der Waals surface area contributed by atoms with E-state index in [0.717, 1.165) is 11.1 Å². The third-order valence-corrected chi connectivity index (χ3v) is 1.93. The highest BCUT2D eigenvalue weighted by Crippen LogP contribution is 2.06. The molecule has 0 aromatic carbocycles. The highest BCUT2D eigenvalue weighted by molar-refractivity contribution is 5.22. The Kier molecular flexibility index (Phi) is 7.91. The van der Waals surface area contributed by atoms with E-state index in [9.17, 15) is 0 Å². The van der Waals surface area contributed by atoms with Crippen LogP contribution in [0.5, 0.6) is 0 Å². The lowest BCUT2D eigenvalue weighted by molar-refractivity contribution is -0.0746. The predicted octanol–water partition coefficient (Wildman–Crippen LogP) is 2.05. The van der Waals surface area contributed by atoms with Crippen LogP contribution in [0.2, 0.25) is 0 Å². The molecule has 0 amide bonds. The van der Waals surface area contributed by atoms with Gasteiger partial charge < -0.3 is 14.6 Å². The van der Waals surface area contributed by atoms with Crippen LogP contribution < -0.4 is 0 Å². The lowest BCUT2D eigenvalue weighted by atomic mass is 10.2. The number of rotatable bonds is 6. The van der Waals surface area contributed by atoms with Gasteiger partial charge in [-0.1, -0.05) is 29.9 Å². The molecular weight excluding hydrogens is 192 g/mol. The van der Waals surface area contributed by atoms with Crippen molar-refractivity contribution < 1.29 is 14.6 Å². The average Bonchev–Trinajstić information content (AvgIpc) is 2.20. The molecule has 0 aromatic heterocycles. The molecule has 0 aromatic rings. The van der Waals surface area contributed by atoms with E-state index in [1.165, 1.54) is 0 Å². The van der Waals surface area contributed by atoms with Crippen molar-refractivity contribution in [2.75, 3.05) is 20.8 Å². The minimum absolute atomic E-state index is 0.0671. The summed E-state index contributed by atoms with van der Waals surface area (Å²) in [6.45, 7) is 3.94. The Morgan fingerprint density at radius 3 is 2.33 bits per heavy atom. The van der Waals surface area contributed by atoms with E-state index >= 15 is 0 Å². The van der Waals surface area contributed by atoms with Crippen molar-refractivity contribution in [2.24, 2.45) is 0 Å². The van der Waals surface area contributed by atoms with E-state index in [1.807, 2.05) is 32.1 Å². The molecule has 0 unspecified atom stereocenters. The number of hydrogen-bond acceptors (Lipinski definition) is 3. The number of hydrogen-bond donors (Lipinski definition) is 1. The predicted molar refractivity (Wildman–Crippen MR) is 61.5 cm³/mol. The Morgan fingerprint density at radius 2 is 1.87 bits per heavy atom. The molecule has 86 valence electrons. The summed E-state index contributed by atoms with van der Waals surface area (Å²) in [6.07, 6.45) is 7.19. The Labute approximate surface area is 91.7 Å². The summed E-state index contributed by atoms with van der Waals surface area (Å²) in [5, 5.41) is 8.64. The third-order valence-electron chi connectivity index (χ3n) is 1.93. The number of aliphatic hydroxyl groups excluding tert-OH is 1. The molecule has 3 nitrogen and oxygen atoms in total. The van der Waals surface area contributed by atoms with E-state index in [4.69, 9.17) is 14.6 Å². The Morgan fingerprint density at radius 1 is 1.27 bits per heavy atom. The van der Waals surface area contributed by atoms with Gasteiger partial charge in [0, 0.05) is 14.2 Å². The first-order chi connectivity index (χ1) is 7.15. The van der Waals surface area contributed by atoms with E-state index in [1.54, 1.807) is 20.3 Å². The van der Waals surface area contributed by atoms with Crippen LogP contribution in [0.3, 0.4) is 0 Å². The molecule has 0 aliphatic rings. The summed E-state index contributed by atoms with van der Waals surface area (Å²) in [5.41, 5.74) is 2.01. The van der Waals surface area contributed by atoms with E-state index in [-0.39, 0.29) is 12.9 Å². The molecule has 0 radical (unpaired) electrons. The topological polar surface area (TPSA) is 38.7 Å². The molecule has 0 bridgehead atoms. The second kappa shape index (κ2) is 8.41. The van der Waals surface area contributed by atoms with Gasteiger partial charge in [-0.3, -0.25) is 0 Å². The molecule has 15 heavy (non-hydrogen) atoms. The SMILES string of the molecule is COC(OC)C(C)=CC=CC(C)=CCO. The molecule has 0 saturated heterocycles. The van der Waals surface area contributed by atoms with Crippen LogP contribution in [-0.2, 0) is 9.47 Å². The zero-order valence-electron chi connectivity index (χ0n) is 9.86. The van der Waals surface area contributed by atoms with Crippen LogP contribution in [0.1, 0.15) is 13.8 Å². The number of aliphatic hydroxyl groups is 1. The maximum Gasteiger partial charge on any atom is 0.179 e. The molecule has 0 rings (SSSR count). The highest BCUT2D eigenvalue weighted by Gasteiger charge is 2.04. The Balaban J connectivity index is 4.32. The van der Waals surface area contributed by atoms with Crippen molar-refractivity contribution in [1.29, 1.82) is 0 Å². The number of ether oxygens (including phenoxy) is 2. The zero-order valence-corrected chi connectivity index (χ0v) is 9.86. The largest absolute Gasteiger partial charge is 0.392 e. The van der Waals surface area contributed by atoms with Crippen LogP contribution in [0.25, 0.3) is 0 Å². The first-order valence-corrected chi connectivity index (χ1v) is 4.83. The van der Waals surface area contributed by atoms with Crippen molar-refractivity contribution in [3.8, 4) is 0 Å². The Hall–Kier alpha value is -0.900. The van der Waals surface area contributed by atoms with Gasteiger partial charge in [0.05, 0.1) is 6.61 Å². The fourth-order valence-electron chi connectivity index (χ4n) is 1.11. The molecule has 0 spiro atoms. The second-order valence-corrected chi connectivity index (χ2v) is 3.20. The summed E-state index contributed by atoms with van der Waals surface area (Å²) in [5.74, 6) is 0. The lowest BCUT2D eigenvalue weighted by Crippen LogP contribution is -2.13. The maximum atomic E-state index is 8.64. The van der Waals surface area contributed by atoms with Crippen molar-refractivity contribution in [3.63, 3.8) is 0 Å². The minimum Gasteiger partial charge on any atom is -0.392 e. The standard InChI is InChI=1S/C12H20O3/c1-10(8-9-13)6-5-7-11(2)12(14-3)15-4/h5-8,12-13H,9H2,1-4H3. The van der Waals surface area contributed by atoms with Crippen LogP contribution in [0, 0.1) is 0 Å². The molecule has 1 N–H and O–H groups in total. The number of methoxy groups -OCH3 is 2. The van der Waals surface area contributed by atoms with E-state index in [0.29, 0.717) is 0 Å². The van der Waals surface area contributed by atoms with Crippen LogP contribution in [0.4, 0.5) is 0 Å². The van der Waals surface area contributed by atoms with Gasteiger partial charge in [-0.05, 0) is 19.4 Å². The van der Waals surface area contributed by atoms with Crippen LogP contribution >= 0.6 is 0 Å². The third kappa shape index (κ3) is 6.23. The fraction of sp³-hybridized carbons (Fsp3) is 0.500. The maximum absolute atomic E-state index is 8.64. The number of allylic oxidation sites excluding steroid dienone is 4. The first kappa shape index (κ1) is 14.1. The normalized spacial score (nSPS) is 14.3. The molecule has 0 fully saturated rings. The highest BCUT2D eigenvalue weighted by atomic mass is 16.7. The first-order valence-electron chi connectivity index (χ1n) is 4.83. The minimum atomic E-state index is -0.295. The Bertz CT molecular complexity index is 248. The van der Waals surface area contributed by atoms with Crippen LogP contribution in [-0.4, -0.2) is 32.2 Å². The second-order valence-electron chi connectivity index (χ2n) is 3.20.